The monoisotopic (exact) mass is 333 g/mol. The van der Waals surface area contributed by atoms with Gasteiger partial charge in [-0.2, -0.15) is 0 Å². The highest BCUT2D eigenvalue weighted by Crippen LogP contribution is 2.22. The molecule has 0 unspecified atom stereocenters. The molecule has 0 bridgehead atoms. The quantitative estimate of drug-likeness (QED) is 0.903. The minimum absolute atomic E-state index is 0.0344. The Bertz CT molecular complexity index is 702. The largest absolute Gasteiger partial charge is 0.340 e. The fraction of sp³-hybridized carbons (Fsp3) is 0.167. The summed E-state index contributed by atoms with van der Waals surface area (Å²) < 4.78 is 1.40. The second kappa shape index (κ2) is 5.91. The molecule has 106 valence electrons. The second-order valence-corrected chi connectivity index (χ2v) is 5.16. The lowest BCUT2D eigenvalue weighted by molar-refractivity contribution is 0.102. The first-order chi connectivity index (χ1) is 9.42. The van der Waals surface area contributed by atoms with Gasteiger partial charge in [0.1, 0.15) is 15.9 Å². The maximum absolute atomic E-state index is 12.0. The molecule has 2 aromatic rings. The Balaban J connectivity index is 2.28. The van der Waals surface area contributed by atoms with Crippen molar-refractivity contribution in [1.82, 2.24) is 9.55 Å². The van der Waals surface area contributed by atoms with E-state index in [1.165, 1.54) is 22.9 Å². The van der Waals surface area contributed by atoms with E-state index in [4.69, 9.17) is 34.8 Å². The topological polar surface area (TPSA) is 66.9 Å². The second-order valence-electron chi connectivity index (χ2n) is 3.97. The molecule has 0 saturated carbocycles. The zero-order chi connectivity index (χ0) is 14.9. The van der Waals surface area contributed by atoms with E-state index in [-0.39, 0.29) is 26.5 Å². The van der Waals surface area contributed by atoms with Gasteiger partial charge < -0.3 is 14.9 Å². The van der Waals surface area contributed by atoms with E-state index in [1.807, 2.05) is 0 Å². The summed E-state index contributed by atoms with van der Waals surface area (Å²) in [6.07, 6.45) is 1.51. The number of carbonyl (C=O) groups excluding carboxylic acids is 1. The Morgan fingerprint density at radius 1 is 1.30 bits per heavy atom. The summed E-state index contributed by atoms with van der Waals surface area (Å²) in [6, 6.07) is 2.80. The van der Waals surface area contributed by atoms with Crippen LogP contribution in [0.4, 0.5) is 5.69 Å². The molecule has 0 saturated heterocycles. The van der Waals surface area contributed by atoms with E-state index in [0.717, 1.165) is 0 Å². The fourth-order valence-electron chi connectivity index (χ4n) is 1.63. The van der Waals surface area contributed by atoms with Crippen molar-refractivity contribution in [2.24, 2.45) is 0 Å². The summed E-state index contributed by atoms with van der Waals surface area (Å²) >= 11 is 17.3. The van der Waals surface area contributed by atoms with Crippen LogP contribution in [0.5, 0.6) is 0 Å². The molecule has 2 rings (SSSR count). The van der Waals surface area contributed by atoms with Crippen LogP contribution in [0.15, 0.2) is 23.1 Å². The number of aromatic amines is 1. The maximum Gasteiger partial charge on any atom is 0.272 e. The average molecular weight is 335 g/mol. The van der Waals surface area contributed by atoms with Crippen molar-refractivity contribution in [3.63, 3.8) is 0 Å². The molecule has 0 atom stereocenters. The van der Waals surface area contributed by atoms with Crippen LogP contribution in [-0.2, 0) is 6.54 Å². The van der Waals surface area contributed by atoms with E-state index in [9.17, 15) is 9.59 Å². The number of H-pyrrole nitrogens is 1. The zero-order valence-electron chi connectivity index (χ0n) is 10.3. The third-order valence-corrected chi connectivity index (χ3v) is 3.57. The van der Waals surface area contributed by atoms with E-state index in [0.29, 0.717) is 12.2 Å². The molecule has 2 heterocycles. The van der Waals surface area contributed by atoms with Gasteiger partial charge in [-0.15, -0.1) is 0 Å². The highest BCUT2D eigenvalue weighted by Gasteiger charge is 2.13. The summed E-state index contributed by atoms with van der Waals surface area (Å²) in [6.45, 7) is 2.25. The number of nitrogens with one attached hydrogen (secondary N) is 2. The molecular weight excluding hydrogens is 325 g/mol. The number of pyridine rings is 1. The number of hydrogen-bond acceptors (Lipinski definition) is 2. The molecule has 1 amide bonds. The van der Waals surface area contributed by atoms with E-state index in [2.05, 4.69) is 10.3 Å². The number of carbonyl (C=O) groups is 1. The van der Waals surface area contributed by atoms with Gasteiger partial charge in [-0.1, -0.05) is 34.8 Å². The Hall–Kier alpha value is -1.43. The van der Waals surface area contributed by atoms with Crippen LogP contribution in [0.3, 0.4) is 0 Å². The number of amides is 1. The summed E-state index contributed by atoms with van der Waals surface area (Å²) in [5, 5.41) is 3.09. The van der Waals surface area contributed by atoms with Crippen LogP contribution in [0, 0.1) is 0 Å². The van der Waals surface area contributed by atoms with Crippen LogP contribution >= 0.6 is 34.8 Å². The molecule has 0 aliphatic carbocycles. The zero-order valence-corrected chi connectivity index (χ0v) is 12.6. The lowest BCUT2D eigenvalue weighted by Crippen LogP contribution is -2.21. The predicted molar refractivity (Wildman–Crippen MR) is 80.2 cm³/mol. The molecule has 2 aromatic heterocycles. The molecule has 0 aliphatic heterocycles. The molecular formula is C12H10Cl3N3O2. The van der Waals surface area contributed by atoms with Gasteiger partial charge in [0.15, 0.2) is 0 Å². The predicted octanol–water partition coefficient (Wildman–Crippen LogP) is 3.41. The van der Waals surface area contributed by atoms with E-state index in [1.54, 1.807) is 6.92 Å². The van der Waals surface area contributed by atoms with Gasteiger partial charge in [-0.25, -0.2) is 0 Å². The van der Waals surface area contributed by atoms with Crippen molar-refractivity contribution in [1.29, 1.82) is 0 Å². The lowest BCUT2D eigenvalue weighted by Gasteiger charge is -2.08. The number of nitrogens with zero attached hydrogens (tertiary/aromatic N) is 1. The van der Waals surface area contributed by atoms with Gasteiger partial charge in [0.25, 0.3) is 11.5 Å². The first kappa shape index (κ1) is 15.0. The van der Waals surface area contributed by atoms with Crippen molar-refractivity contribution >= 4 is 46.4 Å². The van der Waals surface area contributed by atoms with Gasteiger partial charge in [0.05, 0.1) is 10.7 Å². The minimum atomic E-state index is -0.434. The minimum Gasteiger partial charge on any atom is -0.340 e. The van der Waals surface area contributed by atoms with Gasteiger partial charge in [-0.05, 0) is 19.1 Å². The molecule has 0 spiro atoms. The fourth-order valence-corrected chi connectivity index (χ4v) is 2.17. The standard InChI is InChI=1S/C12H10Cl3N3O2/c1-2-18-5-6(3-8(14)12(18)20)16-11(19)9-4-7(13)10(15)17-9/h3-5,17H,2H2,1H3,(H,16,19). The molecule has 8 heteroatoms. The molecule has 2 N–H and O–H groups in total. The van der Waals surface area contributed by atoms with Crippen LogP contribution in [0.25, 0.3) is 0 Å². The Kier molecular flexibility index (Phi) is 4.42. The lowest BCUT2D eigenvalue weighted by atomic mass is 10.3. The number of anilines is 1. The van der Waals surface area contributed by atoms with Gasteiger partial charge in [0.2, 0.25) is 0 Å². The summed E-state index contributed by atoms with van der Waals surface area (Å²) in [5.41, 5.74) is 0.312. The first-order valence-electron chi connectivity index (χ1n) is 5.67. The SMILES string of the molecule is CCn1cc(NC(=O)c2cc(Cl)c(Cl)[nH]2)cc(Cl)c1=O. The smallest absolute Gasteiger partial charge is 0.272 e. The van der Waals surface area contributed by atoms with Crippen molar-refractivity contribution < 1.29 is 4.79 Å². The Morgan fingerprint density at radius 2 is 2.00 bits per heavy atom. The van der Waals surface area contributed by atoms with Crippen molar-refractivity contribution in [2.45, 2.75) is 13.5 Å². The van der Waals surface area contributed by atoms with E-state index >= 15 is 0 Å². The Morgan fingerprint density at radius 3 is 2.55 bits per heavy atom. The Labute approximate surface area is 129 Å². The van der Waals surface area contributed by atoms with Gasteiger partial charge >= 0.3 is 0 Å². The van der Waals surface area contributed by atoms with Crippen LogP contribution in [-0.4, -0.2) is 15.5 Å². The molecule has 20 heavy (non-hydrogen) atoms. The highest BCUT2D eigenvalue weighted by atomic mass is 35.5. The maximum atomic E-state index is 12.0. The van der Waals surface area contributed by atoms with Crippen molar-refractivity contribution in [3.8, 4) is 0 Å². The first-order valence-corrected chi connectivity index (χ1v) is 6.81. The average Bonchev–Trinajstić information content (AvgIpc) is 2.74. The molecule has 0 aliphatic rings. The summed E-state index contributed by atoms with van der Waals surface area (Å²) in [4.78, 5) is 26.3. The van der Waals surface area contributed by atoms with Crippen LogP contribution < -0.4 is 10.9 Å². The third kappa shape index (κ3) is 3.00. The summed E-state index contributed by atoms with van der Waals surface area (Å²) in [7, 11) is 0. The number of aryl methyl sites for hydroxylation is 1. The molecule has 5 nitrogen and oxygen atoms in total. The highest BCUT2D eigenvalue weighted by molar-refractivity contribution is 6.41. The van der Waals surface area contributed by atoms with Gasteiger partial charge in [0, 0.05) is 12.7 Å². The number of hydrogen-bond donors (Lipinski definition) is 2. The summed E-state index contributed by atoms with van der Waals surface area (Å²) in [5.74, 6) is -0.434. The number of halogens is 3. The molecule has 0 aromatic carbocycles. The molecule has 0 fully saturated rings. The third-order valence-electron chi connectivity index (χ3n) is 2.61. The van der Waals surface area contributed by atoms with Crippen LogP contribution in [0.1, 0.15) is 17.4 Å². The normalized spacial score (nSPS) is 10.6. The van der Waals surface area contributed by atoms with E-state index < -0.39 is 5.91 Å². The number of aromatic nitrogens is 2. The van der Waals surface area contributed by atoms with Crippen molar-refractivity contribution in [3.05, 3.63) is 49.6 Å². The van der Waals surface area contributed by atoms with Crippen molar-refractivity contribution in [2.75, 3.05) is 5.32 Å². The van der Waals surface area contributed by atoms with Gasteiger partial charge in [-0.3, -0.25) is 9.59 Å². The molecule has 0 radical (unpaired) electrons. The number of rotatable bonds is 3. The van der Waals surface area contributed by atoms with Crippen LogP contribution in [0.2, 0.25) is 15.2 Å².